The van der Waals surface area contributed by atoms with Crippen LogP contribution in [0.1, 0.15) is 49.8 Å². The number of halogens is 3. The highest BCUT2D eigenvalue weighted by Gasteiger charge is 2.23. The third-order valence-corrected chi connectivity index (χ3v) is 4.27. The minimum Gasteiger partial charge on any atom is -0.314 e. The summed E-state index contributed by atoms with van der Waals surface area (Å²) in [6, 6.07) is 5.60. The van der Waals surface area contributed by atoms with Gasteiger partial charge in [-0.25, -0.2) is 4.39 Å². The van der Waals surface area contributed by atoms with E-state index >= 15 is 0 Å². The molecule has 1 heterocycles. The third kappa shape index (κ3) is 6.04. The number of nitrogens with one attached hydrogen (secondary N) is 1. The first kappa shape index (κ1) is 21.6. The maximum absolute atomic E-state index is 13.6. The zero-order valence-electron chi connectivity index (χ0n) is 13.6. The topological polar surface area (TPSA) is 15.3 Å². The van der Waals surface area contributed by atoms with Crippen LogP contribution in [0.2, 0.25) is 0 Å². The normalized spacial score (nSPS) is 16.5. The van der Waals surface area contributed by atoms with Crippen LogP contribution in [0.15, 0.2) is 18.2 Å². The van der Waals surface area contributed by atoms with Crippen molar-refractivity contribution in [3.63, 3.8) is 0 Å². The predicted octanol–water partition coefficient (Wildman–Crippen LogP) is 4.50. The van der Waals surface area contributed by atoms with E-state index in [9.17, 15) is 4.39 Å². The molecule has 1 N–H and O–H groups in total. The van der Waals surface area contributed by atoms with E-state index in [4.69, 9.17) is 0 Å². The third-order valence-electron chi connectivity index (χ3n) is 4.27. The van der Waals surface area contributed by atoms with Gasteiger partial charge in [-0.3, -0.25) is 4.90 Å². The van der Waals surface area contributed by atoms with Crippen molar-refractivity contribution >= 4 is 24.8 Å². The first-order chi connectivity index (χ1) is 9.72. The van der Waals surface area contributed by atoms with E-state index < -0.39 is 0 Å². The fourth-order valence-corrected chi connectivity index (χ4v) is 3.09. The molecular weight excluding hydrogens is 322 g/mol. The lowest BCUT2D eigenvalue weighted by molar-refractivity contribution is 0.162. The van der Waals surface area contributed by atoms with Gasteiger partial charge in [0.1, 0.15) is 5.82 Å². The molecule has 1 aromatic carbocycles. The first-order valence-corrected chi connectivity index (χ1v) is 7.93. The van der Waals surface area contributed by atoms with Crippen molar-refractivity contribution in [1.29, 1.82) is 0 Å². The zero-order chi connectivity index (χ0) is 14.4. The van der Waals surface area contributed by atoms with Gasteiger partial charge in [-0.1, -0.05) is 32.3 Å². The van der Waals surface area contributed by atoms with Crippen molar-refractivity contribution in [1.82, 2.24) is 10.2 Å². The maximum Gasteiger partial charge on any atom is 0.123 e. The molecule has 0 unspecified atom stereocenters. The number of benzene rings is 1. The Bertz CT molecular complexity index is 423. The Kier molecular flexibility index (Phi) is 11.0. The fraction of sp³-hybridized carbons (Fsp3) is 0.647. The highest BCUT2D eigenvalue weighted by Crippen LogP contribution is 2.30. The molecule has 0 radical (unpaired) electrons. The van der Waals surface area contributed by atoms with Gasteiger partial charge in [0.2, 0.25) is 0 Å². The lowest BCUT2D eigenvalue weighted by Gasteiger charge is -2.36. The van der Waals surface area contributed by atoms with Crippen LogP contribution in [0.5, 0.6) is 0 Å². The molecule has 0 amide bonds. The summed E-state index contributed by atoms with van der Waals surface area (Å²) in [6.07, 6.45) is 4.85. The van der Waals surface area contributed by atoms with Crippen LogP contribution < -0.4 is 5.32 Å². The minimum atomic E-state index is -0.110. The molecule has 1 aliphatic rings. The number of unbranched alkanes of at least 4 members (excludes halogenated alkanes) is 2. The van der Waals surface area contributed by atoms with Gasteiger partial charge in [0, 0.05) is 32.2 Å². The van der Waals surface area contributed by atoms with E-state index in [0.29, 0.717) is 6.04 Å². The van der Waals surface area contributed by atoms with Crippen LogP contribution in [0.4, 0.5) is 4.39 Å². The second kappa shape index (κ2) is 11.2. The van der Waals surface area contributed by atoms with Crippen LogP contribution in [0.25, 0.3) is 0 Å². The van der Waals surface area contributed by atoms with E-state index in [-0.39, 0.29) is 30.6 Å². The van der Waals surface area contributed by atoms with Crippen LogP contribution in [0.3, 0.4) is 0 Å². The quantitative estimate of drug-likeness (QED) is 0.759. The van der Waals surface area contributed by atoms with Gasteiger partial charge < -0.3 is 5.32 Å². The molecule has 0 bridgehead atoms. The van der Waals surface area contributed by atoms with Gasteiger partial charge in [0.15, 0.2) is 0 Å². The first-order valence-electron chi connectivity index (χ1n) is 7.93. The summed E-state index contributed by atoms with van der Waals surface area (Å²) in [5, 5.41) is 3.40. The molecule has 22 heavy (non-hydrogen) atoms. The van der Waals surface area contributed by atoms with Gasteiger partial charge in [0.05, 0.1) is 0 Å². The molecule has 1 aromatic rings. The summed E-state index contributed by atoms with van der Waals surface area (Å²) < 4.78 is 13.6. The molecule has 5 heteroatoms. The summed E-state index contributed by atoms with van der Waals surface area (Å²) in [5.41, 5.74) is 2.40. The average molecular weight is 351 g/mol. The van der Waals surface area contributed by atoms with Crippen molar-refractivity contribution < 1.29 is 4.39 Å². The van der Waals surface area contributed by atoms with E-state index in [1.165, 1.54) is 30.4 Å². The molecule has 0 saturated carbocycles. The fourth-order valence-electron chi connectivity index (χ4n) is 3.09. The van der Waals surface area contributed by atoms with E-state index in [2.05, 4.69) is 24.1 Å². The second-order valence-corrected chi connectivity index (χ2v) is 5.80. The summed E-state index contributed by atoms with van der Waals surface area (Å²) in [6.45, 7) is 8.54. The Morgan fingerprint density at radius 3 is 2.50 bits per heavy atom. The maximum atomic E-state index is 13.6. The van der Waals surface area contributed by atoms with E-state index in [1.807, 2.05) is 6.07 Å². The second-order valence-electron chi connectivity index (χ2n) is 5.80. The van der Waals surface area contributed by atoms with Crippen molar-refractivity contribution in [2.75, 3.05) is 26.2 Å². The lowest BCUT2D eigenvalue weighted by atomic mass is 9.94. The van der Waals surface area contributed by atoms with Gasteiger partial charge in [0.25, 0.3) is 0 Å². The Morgan fingerprint density at radius 2 is 1.86 bits per heavy atom. The van der Waals surface area contributed by atoms with Crippen molar-refractivity contribution in [2.24, 2.45) is 0 Å². The molecule has 2 nitrogen and oxygen atoms in total. The lowest BCUT2D eigenvalue weighted by Crippen LogP contribution is -2.45. The Balaban J connectivity index is 0.00000220. The van der Waals surface area contributed by atoms with E-state index in [1.54, 1.807) is 12.1 Å². The zero-order valence-corrected chi connectivity index (χ0v) is 15.2. The molecule has 128 valence electrons. The average Bonchev–Trinajstić information content (AvgIpc) is 2.48. The standard InChI is InChI=1S/C17H27FN2.2ClH/c1-3-4-5-6-17(20-11-9-19-10-12-20)16-13-15(18)8-7-14(16)2;;/h7-8,13,17,19H,3-6,9-12H2,1-2H3;2*1H/t17-;;/m1../s1. The summed E-state index contributed by atoms with van der Waals surface area (Å²) in [5.74, 6) is -0.110. The number of nitrogens with zero attached hydrogens (tertiary/aromatic N) is 1. The van der Waals surface area contributed by atoms with Crippen LogP contribution in [-0.4, -0.2) is 31.1 Å². The molecule has 0 spiro atoms. The number of piperazine rings is 1. The largest absolute Gasteiger partial charge is 0.314 e. The Morgan fingerprint density at radius 1 is 1.18 bits per heavy atom. The smallest absolute Gasteiger partial charge is 0.123 e. The number of aryl methyl sites for hydroxylation is 1. The summed E-state index contributed by atoms with van der Waals surface area (Å²) in [4.78, 5) is 2.52. The molecule has 1 atom stereocenters. The summed E-state index contributed by atoms with van der Waals surface area (Å²) in [7, 11) is 0. The predicted molar refractivity (Wildman–Crippen MR) is 97.0 cm³/mol. The van der Waals surface area contributed by atoms with Crippen molar-refractivity contribution in [3.8, 4) is 0 Å². The minimum absolute atomic E-state index is 0. The van der Waals surface area contributed by atoms with Crippen molar-refractivity contribution in [3.05, 3.63) is 35.1 Å². The van der Waals surface area contributed by atoms with Gasteiger partial charge in [-0.2, -0.15) is 0 Å². The Hall–Kier alpha value is -0.350. The van der Waals surface area contributed by atoms with Crippen molar-refractivity contribution in [2.45, 2.75) is 45.6 Å². The van der Waals surface area contributed by atoms with Crippen LogP contribution >= 0.6 is 24.8 Å². The van der Waals surface area contributed by atoms with Gasteiger partial charge in [-0.05, 0) is 36.6 Å². The molecule has 1 fully saturated rings. The highest BCUT2D eigenvalue weighted by atomic mass is 35.5. The SMILES string of the molecule is CCCCC[C@H](c1cc(F)ccc1C)N1CCNCC1.Cl.Cl. The van der Waals surface area contributed by atoms with Crippen LogP contribution in [-0.2, 0) is 0 Å². The number of rotatable bonds is 6. The molecule has 1 saturated heterocycles. The molecule has 0 aromatic heterocycles. The molecule has 2 rings (SSSR count). The number of hydrogen-bond donors (Lipinski definition) is 1. The Labute approximate surface area is 146 Å². The van der Waals surface area contributed by atoms with E-state index in [0.717, 1.165) is 32.6 Å². The van der Waals surface area contributed by atoms with Crippen LogP contribution in [0, 0.1) is 12.7 Å². The highest BCUT2D eigenvalue weighted by molar-refractivity contribution is 5.85. The molecule has 0 aliphatic carbocycles. The van der Waals surface area contributed by atoms with Gasteiger partial charge >= 0.3 is 0 Å². The van der Waals surface area contributed by atoms with Gasteiger partial charge in [-0.15, -0.1) is 24.8 Å². The molecule has 1 aliphatic heterocycles. The summed E-state index contributed by atoms with van der Waals surface area (Å²) >= 11 is 0. The molecular formula is C17H29Cl2FN2. The monoisotopic (exact) mass is 350 g/mol. The number of hydrogen-bond acceptors (Lipinski definition) is 2.